The van der Waals surface area contributed by atoms with Gasteiger partial charge in [0.25, 0.3) is 0 Å². The molecular weight excluding hydrogens is 322 g/mol. The van der Waals surface area contributed by atoms with Gasteiger partial charge in [-0.3, -0.25) is 0 Å². The molecule has 2 aliphatic carbocycles. The fourth-order valence-electron chi connectivity index (χ4n) is 4.65. The fraction of sp³-hybridized carbons (Fsp3) is 0.391. The molecule has 0 spiro atoms. The molecule has 0 saturated heterocycles. The van der Waals surface area contributed by atoms with E-state index in [-0.39, 0.29) is 16.8 Å². The van der Waals surface area contributed by atoms with Crippen molar-refractivity contribution in [1.29, 1.82) is 0 Å². The van der Waals surface area contributed by atoms with E-state index >= 15 is 0 Å². The summed E-state index contributed by atoms with van der Waals surface area (Å²) in [4.78, 5) is 17.7. The summed E-state index contributed by atoms with van der Waals surface area (Å²) in [6.45, 7) is 6.90. The molecule has 0 heterocycles. The van der Waals surface area contributed by atoms with Gasteiger partial charge in [0.15, 0.2) is 0 Å². The number of hydrogen-bond donors (Lipinski definition) is 0. The lowest BCUT2D eigenvalue weighted by Gasteiger charge is -2.34. The number of nitrogens with zero attached hydrogens (tertiary/aromatic N) is 1. The van der Waals surface area contributed by atoms with Gasteiger partial charge in [0.2, 0.25) is 0 Å². The number of carbonyl (C=O) groups excluding carboxylic acids is 1. The van der Waals surface area contributed by atoms with E-state index < -0.39 is 0 Å². The largest absolute Gasteiger partial charge is 0.365 e. The van der Waals surface area contributed by atoms with Crippen LogP contribution in [0.2, 0.25) is 0 Å². The molecule has 2 fully saturated rings. The summed E-state index contributed by atoms with van der Waals surface area (Å²) in [5.41, 5.74) is 4.07. The summed E-state index contributed by atoms with van der Waals surface area (Å²) in [6, 6.07) is 17.6. The molecule has 0 aliphatic heterocycles. The van der Waals surface area contributed by atoms with E-state index in [4.69, 9.17) is 4.84 Å². The van der Waals surface area contributed by atoms with Crippen molar-refractivity contribution in [1.82, 2.24) is 0 Å². The van der Waals surface area contributed by atoms with E-state index in [1.807, 2.05) is 30.3 Å². The summed E-state index contributed by atoms with van der Waals surface area (Å²) < 4.78 is 0. The molecule has 2 atom stereocenters. The predicted octanol–water partition coefficient (Wildman–Crippen LogP) is 5.71. The molecule has 3 heteroatoms. The average Bonchev–Trinajstić information content (AvgIpc) is 3.00. The molecule has 3 nitrogen and oxygen atoms in total. The smallest absolute Gasteiger partial charge is 0.313 e. The Morgan fingerprint density at radius 2 is 1.65 bits per heavy atom. The molecular formula is C23H25NO2. The van der Waals surface area contributed by atoms with Crippen molar-refractivity contribution in [3.63, 3.8) is 0 Å². The maximum atomic E-state index is 12.4. The van der Waals surface area contributed by atoms with Crippen molar-refractivity contribution in [2.45, 2.75) is 40.0 Å². The van der Waals surface area contributed by atoms with Gasteiger partial charge in [-0.15, -0.1) is 0 Å². The molecule has 26 heavy (non-hydrogen) atoms. The maximum Gasteiger partial charge on any atom is 0.365 e. The van der Waals surface area contributed by atoms with E-state index in [0.717, 1.165) is 29.7 Å². The Morgan fingerprint density at radius 3 is 2.23 bits per heavy atom. The Bertz CT molecular complexity index is 852. The van der Waals surface area contributed by atoms with Crippen LogP contribution >= 0.6 is 0 Å². The highest BCUT2D eigenvalue weighted by Gasteiger charge is 2.60. The number of oxime groups is 1. The van der Waals surface area contributed by atoms with E-state index in [0.29, 0.717) is 11.5 Å². The second-order valence-electron chi connectivity index (χ2n) is 8.35. The zero-order valence-corrected chi connectivity index (χ0v) is 15.7. The van der Waals surface area contributed by atoms with Crippen LogP contribution in [0.15, 0.2) is 59.8 Å². The van der Waals surface area contributed by atoms with Crippen molar-refractivity contribution in [3.05, 3.63) is 60.2 Å². The maximum absolute atomic E-state index is 12.4. The highest BCUT2D eigenvalue weighted by Crippen LogP contribution is 2.64. The third-order valence-corrected chi connectivity index (χ3v) is 6.98. The zero-order chi connectivity index (χ0) is 18.4. The first kappa shape index (κ1) is 17.0. The molecule has 2 aromatic rings. The normalized spacial score (nSPS) is 27.7. The first-order chi connectivity index (χ1) is 12.4. The van der Waals surface area contributed by atoms with Crippen molar-refractivity contribution in [2.75, 3.05) is 0 Å². The SMILES string of the molecule is CC1(C)[C@H]2CC[C@]1(C)/C(=N/OC(=O)c1ccc(-c3ccccc3)cc1)C2. The van der Waals surface area contributed by atoms with Crippen LogP contribution in [-0.4, -0.2) is 11.7 Å². The molecule has 0 amide bonds. The molecule has 0 aromatic heterocycles. The van der Waals surface area contributed by atoms with Gasteiger partial charge in [0, 0.05) is 5.41 Å². The first-order valence-corrected chi connectivity index (χ1v) is 9.36. The molecule has 0 radical (unpaired) electrons. The Labute approximate surface area is 155 Å². The molecule has 2 saturated carbocycles. The molecule has 134 valence electrons. The third kappa shape index (κ3) is 2.57. The lowest BCUT2D eigenvalue weighted by molar-refractivity contribution is 0.0508. The lowest BCUT2D eigenvalue weighted by atomic mass is 9.70. The van der Waals surface area contributed by atoms with Gasteiger partial charge in [-0.2, -0.15) is 0 Å². The number of hydrogen-bond acceptors (Lipinski definition) is 3. The van der Waals surface area contributed by atoms with Crippen LogP contribution in [0.5, 0.6) is 0 Å². The second-order valence-corrected chi connectivity index (χ2v) is 8.35. The van der Waals surface area contributed by atoms with Gasteiger partial charge in [0.05, 0.1) is 11.3 Å². The van der Waals surface area contributed by atoms with Crippen LogP contribution in [0, 0.1) is 16.7 Å². The zero-order valence-electron chi connectivity index (χ0n) is 15.7. The standard InChI is InChI=1S/C23H25NO2/c1-22(2)19-13-14-23(22,3)20(15-19)24-26-21(25)18-11-9-17(10-12-18)16-7-5-4-6-8-16/h4-12,19H,13-15H2,1-3H3/b24-20+/t19-,23+/m0/s1. The summed E-state index contributed by atoms with van der Waals surface area (Å²) in [6.07, 6.45) is 3.33. The quantitative estimate of drug-likeness (QED) is 0.527. The van der Waals surface area contributed by atoms with Crippen LogP contribution in [-0.2, 0) is 4.84 Å². The van der Waals surface area contributed by atoms with Gasteiger partial charge in [-0.05, 0) is 53.9 Å². The van der Waals surface area contributed by atoms with Crippen molar-refractivity contribution in [3.8, 4) is 11.1 Å². The van der Waals surface area contributed by atoms with Gasteiger partial charge >= 0.3 is 5.97 Å². The highest BCUT2D eigenvalue weighted by molar-refractivity contribution is 5.95. The van der Waals surface area contributed by atoms with E-state index in [9.17, 15) is 4.79 Å². The molecule has 0 unspecified atom stereocenters. The minimum atomic E-state index is -0.388. The summed E-state index contributed by atoms with van der Waals surface area (Å²) in [5.74, 6) is 0.261. The van der Waals surface area contributed by atoms with E-state index in [1.54, 1.807) is 12.1 Å². The molecule has 2 bridgehead atoms. The number of fused-ring (bicyclic) bond motifs is 2. The Balaban J connectivity index is 1.48. The lowest BCUT2D eigenvalue weighted by Crippen LogP contribution is -2.32. The predicted molar refractivity (Wildman–Crippen MR) is 104 cm³/mol. The van der Waals surface area contributed by atoms with Crippen LogP contribution in [0.4, 0.5) is 0 Å². The molecule has 0 N–H and O–H groups in total. The monoisotopic (exact) mass is 347 g/mol. The van der Waals surface area contributed by atoms with Crippen LogP contribution < -0.4 is 0 Å². The minimum absolute atomic E-state index is 0.0507. The second kappa shape index (κ2) is 6.08. The molecule has 4 rings (SSSR count). The van der Waals surface area contributed by atoms with E-state index in [1.165, 1.54) is 6.42 Å². The Morgan fingerprint density at radius 1 is 1.00 bits per heavy atom. The van der Waals surface area contributed by atoms with Crippen LogP contribution in [0.3, 0.4) is 0 Å². The highest BCUT2D eigenvalue weighted by atomic mass is 16.7. The fourth-order valence-corrected chi connectivity index (χ4v) is 4.65. The Hall–Kier alpha value is -2.42. The van der Waals surface area contributed by atoms with E-state index in [2.05, 4.69) is 38.1 Å². The van der Waals surface area contributed by atoms with Crippen LogP contribution in [0.25, 0.3) is 11.1 Å². The summed E-state index contributed by atoms with van der Waals surface area (Å²) in [5, 5.41) is 4.30. The van der Waals surface area contributed by atoms with Crippen molar-refractivity contribution >= 4 is 11.7 Å². The average molecular weight is 347 g/mol. The number of benzene rings is 2. The van der Waals surface area contributed by atoms with Crippen molar-refractivity contribution in [2.24, 2.45) is 21.9 Å². The minimum Gasteiger partial charge on any atom is -0.313 e. The number of carbonyl (C=O) groups is 1. The van der Waals surface area contributed by atoms with Gasteiger partial charge in [-0.25, -0.2) is 4.79 Å². The summed E-state index contributed by atoms with van der Waals surface area (Å²) in [7, 11) is 0. The Kier molecular flexibility index (Phi) is 3.98. The van der Waals surface area contributed by atoms with Crippen molar-refractivity contribution < 1.29 is 9.63 Å². The van der Waals surface area contributed by atoms with Crippen LogP contribution in [0.1, 0.15) is 50.4 Å². The number of rotatable bonds is 3. The first-order valence-electron chi connectivity index (χ1n) is 9.36. The van der Waals surface area contributed by atoms with Gasteiger partial charge < -0.3 is 4.84 Å². The molecule has 2 aliphatic rings. The van der Waals surface area contributed by atoms with Gasteiger partial charge in [-0.1, -0.05) is 68.4 Å². The molecule has 2 aromatic carbocycles. The summed E-state index contributed by atoms with van der Waals surface area (Å²) >= 11 is 0. The van der Waals surface area contributed by atoms with Gasteiger partial charge in [0.1, 0.15) is 0 Å². The third-order valence-electron chi connectivity index (χ3n) is 6.98. The topological polar surface area (TPSA) is 38.7 Å².